The highest BCUT2D eigenvalue weighted by atomic mass is 16.2. The molecule has 1 saturated heterocycles. The first-order chi connectivity index (χ1) is 5.65. The van der Waals surface area contributed by atoms with Gasteiger partial charge in [0.05, 0.1) is 6.04 Å². The van der Waals surface area contributed by atoms with Crippen LogP contribution in [0.1, 0.15) is 13.3 Å². The van der Waals surface area contributed by atoms with Crippen molar-refractivity contribution in [2.24, 2.45) is 5.73 Å². The van der Waals surface area contributed by atoms with Gasteiger partial charge in [-0.2, -0.15) is 0 Å². The zero-order chi connectivity index (χ0) is 9.14. The maximum atomic E-state index is 11.2. The molecule has 1 aliphatic rings. The van der Waals surface area contributed by atoms with Gasteiger partial charge in [-0.3, -0.25) is 9.69 Å². The lowest BCUT2D eigenvalue weighted by Crippen LogP contribution is -2.43. The first-order valence-corrected chi connectivity index (χ1v) is 4.36. The summed E-state index contributed by atoms with van der Waals surface area (Å²) in [7, 11) is 1.66. The summed E-state index contributed by atoms with van der Waals surface area (Å²) in [6.45, 7) is 3.70. The highest BCUT2D eigenvalue weighted by Crippen LogP contribution is 2.10. The number of carbonyl (C=O) groups excluding carboxylic acids is 1. The number of hydrogen-bond donors (Lipinski definition) is 2. The Labute approximate surface area is 73.1 Å². The number of likely N-dealkylation sites (tertiary alicyclic amines) is 1. The molecule has 0 aromatic rings. The van der Waals surface area contributed by atoms with Crippen molar-refractivity contribution in [3.05, 3.63) is 0 Å². The Bertz CT molecular complexity index is 172. The van der Waals surface area contributed by atoms with Crippen LogP contribution in [0.2, 0.25) is 0 Å². The molecule has 0 radical (unpaired) electrons. The quantitative estimate of drug-likeness (QED) is 0.569. The largest absolute Gasteiger partial charge is 0.358 e. The maximum Gasteiger partial charge on any atom is 0.236 e. The summed E-state index contributed by atoms with van der Waals surface area (Å²) >= 11 is 0. The van der Waals surface area contributed by atoms with Crippen molar-refractivity contribution in [2.45, 2.75) is 25.4 Å². The molecule has 1 fully saturated rings. The van der Waals surface area contributed by atoms with Crippen molar-refractivity contribution in [1.82, 2.24) is 10.2 Å². The van der Waals surface area contributed by atoms with E-state index in [4.69, 9.17) is 5.73 Å². The van der Waals surface area contributed by atoms with Crippen LogP contribution in [0.25, 0.3) is 0 Å². The predicted octanol–water partition coefficient (Wildman–Crippen LogP) is -0.846. The third kappa shape index (κ3) is 1.95. The number of rotatable bonds is 2. The van der Waals surface area contributed by atoms with E-state index in [1.807, 2.05) is 6.92 Å². The van der Waals surface area contributed by atoms with E-state index in [9.17, 15) is 4.79 Å². The van der Waals surface area contributed by atoms with Crippen molar-refractivity contribution in [3.63, 3.8) is 0 Å². The lowest BCUT2D eigenvalue weighted by molar-refractivity contribution is -0.125. The topological polar surface area (TPSA) is 58.4 Å². The fourth-order valence-electron chi connectivity index (χ4n) is 1.54. The molecule has 4 heteroatoms. The zero-order valence-corrected chi connectivity index (χ0v) is 7.71. The SMILES string of the molecule is CNC(=O)C(C)N1CC[C@H](N)C1. The Hall–Kier alpha value is -0.610. The molecule has 1 unspecified atom stereocenters. The molecule has 0 saturated carbocycles. The van der Waals surface area contributed by atoms with E-state index in [0.29, 0.717) is 0 Å². The molecule has 70 valence electrons. The van der Waals surface area contributed by atoms with Crippen molar-refractivity contribution in [1.29, 1.82) is 0 Å². The van der Waals surface area contributed by atoms with Crippen molar-refractivity contribution in [2.75, 3.05) is 20.1 Å². The Morgan fingerprint density at radius 3 is 2.83 bits per heavy atom. The van der Waals surface area contributed by atoms with Gasteiger partial charge in [0, 0.05) is 26.2 Å². The monoisotopic (exact) mass is 171 g/mol. The van der Waals surface area contributed by atoms with Crippen LogP contribution in [0.5, 0.6) is 0 Å². The van der Waals surface area contributed by atoms with E-state index in [1.54, 1.807) is 7.05 Å². The molecule has 3 N–H and O–H groups in total. The molecular weight excluding hydrogens is 154 g/mol. The third-order valence-corrected chi connectivity index (χ3v) is 2.43. The van der Waals surface area contributed by atoms with Gasteiger partial charge in [-0.05, 0) is 13.3 Å². The van der Waals surface area contributed by atoms with Gasteiger partial charge < -0.3 is 11.1 Å². The molecule has 1 heterocycles. The van der Waals surface area contributed by atoms with Crippen LogP contribution in [-0.2, 0) is 4.79 Å². The van der Waals surface area contributed by atoms with Crippen molar-refractivity contribution in [3.8, 4) is 0 Å². The first-order valence-electron chi connectivity index (χ1n) is 4.36. The van der Waals surface area contributed by atoms with Crippen molar-refractivity contribution < 1.29 is 4.79 Å². The summed E-state index contributed by atoms with van der Waals surface area (Å²) in [6.07, 6.45) is 1.00. The minimum atomic E-state index is -0.0384. The fourth-order valence-corrected chi connectivity index (χ4v) is 1.54. The highest BCUT2D eigenvalue weighted by Gasteiger charge is 2.26. The normalized spacial score (nSPS) is 27.1. The number of nitrogens with two attached hydrogens (primary N) is 1. The minimum absolute atomic E-state index is 0.0384. The van der Waals surface area contributed by atoms with Gasteiger partial charge in [0.1, 0.15) is 0 Å². The van der Waals surface area contributed by atoms with Gasteiger partial charge in [0.15, 0.2) is 0 Å². The second-order valence-electron chi connectivity index (χ2n) is 3.33. The number of amides is 1. The van der Waals surface area contributed by atoms with Gasteiger partial charge in [-0.1, -0.05) is 0 Å². The van der Waals surface area contributed by atoms with Crippen LogP contribution in [-0.4, -0.2) is 43.0 Å². The second kappa shape index (κ2) is 3.87. The number of likely N-dealkylation sites (N-methyl/N-ethyl adjacent to an activating group) is 1. The Kier molecular flexibility index (Phi) is 3.05. The summed E-state index contributed by atoms with van der Waals surface area (Å²) in [6, 6.07) is 0.209. The van der Waals surface area contributed by atoms with E-state index >= 15 is 0 Å². The lowest BCUT2D eigenvalue weighted by atomic mass is 10.3. The standard InChI is InChI=1S/C8H17N3O/c1-6(8(12)10-2)11-4-3-7(9)5-11/h6-7H,3-5,9H2,1-2H3,(H,10,12)/t6?,7-/m0/s1. The number of carbonyl (C=O) groups is 1. The van der Waals surface area contributed by atoms with Gasteiger partial charge in [0.25, 0.3) is 0 Å². The van der Waals surface area contributed by atoms with Gasteiger partial charge >= 0.3 is 0 Å². The van der Waals surface area contributed by atoms with Crippen LogP contribution in [0.4, 0.5) is 0 Å². The van der Waals surface area contributed by atoms with Gasteiger partial charge in [0.2, 0.25) is 5.91 Å². The molecule has 1 aliphatic heterocycles. The predicted molar refractivity (Wildman–Crippen MR) is 47.7 cm³/mol. The molecule has 0 spiro atoms. The van der Waals surface area contributed by atoms with Gasteiger partial charge in [-0.25, -0.2) is 0 Å². The second-order valence-corrected chi connectivity index (χ2v) is 3.33. The van der Waals surface area contributed by atoms with Crippen LogP contribution in [0, 0.1) is 0 Å². The third-order valence-electron chi connectivity index (χ3n) is 2.43. The molecule has 1 rings (SSSR count). The fraction of sp³-hybridized carbons (Fsp3) is 0.875. The molecule has 2 atom stereocenters. The van der Waals surface area contributed by atoms with E-state index in [-0.39, 0.29) is 18.0 Å². The molecule has 0 aliphatic carbocycles. The highest BCUT2D eigenvalue weighted by molar-refractivity contribution is 5.80. The Morgan fingerprint density at radius 2 is 2.42 bits per heavy atom. The van der Waals surface area contributed by atoms with Crippen LogP contribution >= 0.6 is 0 Å². The summed E-state index contributed by atoms with van der Waals surface area (Å²) in [5.41, 5.74) is 5.73. The van der Waals surface area contributed by atoms with Gasteiger partial charge in [-0.15, -0.1) is 0 Å². The number of hydrogen-bond acceptors (Lipinski definition) is 3. The zero-order valence-electron chi connectivity index (χ0n) is 7.71. The maximum absolute atomic E-state index is 11.2. The molecule has 0 aromatic carbocycles. The smallest absolute Gasteiger partial charge is 0.236 e. The van der Waals surface area contributed by atoms with Crippen LogP contribution < -0.4 is 11.1 Å². The minimum Gasteiger partial charge on any atom is -0.358 e. The van der Waals surface area contributed by atoms with E-state index < -0.39 is 0 Å². The van der Waals surface area contributed by atoms with E-state index in [1.165, 1.54) is 0 Å². The molecule has 1 amide bonds. The number of nitrogens with zero attached hydrogens (tertiary/aromatic N) is 1. The Balaban J connectivity index is 2.42. The molecular formula is C8H17N3O. The molecule has 4 nitrogen and oxygen atoms in total. The summed E-state index contributed by atoms with van der Waals surface area (Å²) < 4.78 is 0. The van der Waals surface area contributed by atoms with Crippen LogP contribution in [0.15, 0.2) is 0 Å². The number of nitrogens with one attached hydrogen (secondary N) is 1. The molecule has 0 aromatic heterocycles. The summed E-state index contributed by atoms with van der Waals surface area (Å²) in [5.74, 6) is 0.0732. The average molecular weight is 171 g/mol. The first kappa shape index (κ1) is 9.48. The van der Waals surface area contributed by atoms with Crippen molar-refractivity contribution >= 4 is 5.91 Å². The van der Waals surface area contributed by atoms with E-state index in [2.05, 4.69) is 10.2 Å². The summed E-state index contributed by atoms with van der Waals surface area (Å²) in [5, 5.41) is 2.64. The molecule has 0 bridgehead atoms. The summed E-state index contributed by atoms with van der Waals surface area (Å²) in [4.78, 5) is 13.3. The Morgan fingerprint density at radius 1 is 1.75 bits per heavy atom. The molecule has 12 heavy (non-hydrogen) atoms. The lowest BCUT2D eigenvalue weighted by Gasteiger charge is -2.21. The van der Waals surface area contributed by atoms with Crippen LogP contribution in [0.3, 0.4) is 0 Å². The average Bonchev–Trinajstić information content (AvgIpc) is 2.49. The van der Waals surface area contributed by atoms with E-state index in [0.717, 1.165) is 19.5 Å².